The van der Waals surface area contributed by atoms with Crippen molar-refractivity contribution in [2.24, 2.45) is 0 Å². The Labute approximate surface area is 111 Å². The van der Waals surface area contributed by atoms with Crippen molar-refractivity contribution in [1.82, 2.24) is 9.97 Å². The number of aromatic nitrogens is 2. The number of ether oxygens (including phenoxy) is 1. The van der Waals surface area contributed by atoms with E-state index >= 15 is 0 Å². The lowest BCUT2D eigenvalue weighted by molar-refractivity contribution is 0.409. The van der Waals surface area contributed by atoms with E-state index in [1.165, 1.54) is 5.56 Å². The van der Waals surface area contributed by atoms with Crippen LogP contribution in [0, 0.1) is 6.92 Å². The topological polar surface area (TPSA) is 63.9 Å². The van der Waals surface area contributed by atoms with Gasteiger partial charge in [0.15, 0.2) is 11.1 Å². The first-order chi connectivity index (χ1) is 8.60. The number of benzene rings is 1. The Morgan fingerprint density at radius 3 is 2.78 bits per heavy atom. The number of aryl methyl sites for hydroxylation is 3. The van der Waals surface area contributed by atoms with Crippen LogP contribution in [0.4, 0.5) is 5.95 Å². The van der Waals surface area contributed by atoms with Crippen molar-refractivity contribution < 1.29 is 4.74 Å². The zero-order valence-corrected chi connectivity index (χ0v) is 11.2. The van der Waals surface area contributed by atoms with Crippen molar-refractivity contribution in [3.8, 4) is 5.75 Å². The van der Waals surface area contributed by atoms with E-state index in [1.54, 1.807) is 7.11 Å². The van der Waals surface area contributed by atoms with Gasteiger partial charge in [-0.15, -0.1) is 0 Å². The number of nitrogens with zero attached hydrogens (tertiary/aromatic N) is 1. The Morgan fingerprint density at radius 2 is 2.17 bits per heavy atom. The molecular formula is C13H16ClN3O. The minimum Gasteiger partial charge on any atom is -0.496 e. The molecule has 4 nitrogen and oxygen atoms in total. The molecule has 0 saturated heterocycles. The smallest absolute Gasteiger partial charge is 0.199 e. The number of rotatable bonds is 4. The molecule has 0 fully saturated rings. The van der Waals surface area contributed by atoms with Gasteiger partial charge >= 0.3 is 0 Å². The van der Waals surface area contributed by atoms with Gasteiger partial charge in [-0.3, -0.25) is 0 Å². The van der Waals surface area contributed by atoms with Gasteiger partial charge in [-0.1, -0.05) is 29.3 Å². The highest BCUT2D eigenvalue weighted by Gasteiger charge is 2.09. The number of H-pyrrole nitrogens is 1. The molecular weight excluding hydrogens is 250 g/mol. The quantitative estimate of drug-likeness (QED) is 0.893. The average Bonchev–Trinajstić information content (AvgIpc) is 2.65. The largest absolute Gasteiger partial charge is 0.496 e. The molecule has 96 valence electrons. The molecule has 18 heavy (non-hydrogen) atoms. The van der Waals surface area contributed by atoms with Gasteiger partial charge in [-0.2, -0.15) is 0 Å². The summed E-state index contributed by atoms with van der Waals surface area (Å²) in [6.45, 7) is 2.06. The lowest BCUT2D eigenvalue weighted by Gasteiger charge is -2.09. The van der Waals surface area contributed by atoms with Gasteiger partial charge in [0.25, 0.3) is 0 Å². The van der Waals surface area contributed by atoms with E-state index < -0.39 is 0 Å². The van der Waals surface area contributed by atoms with Crippen LogP contribution in [0.15, 0.2) is 18.2 Å². The lowest BCUT2D eigenvalue weighted by atomic mass is 10.0. The zero-order chi connectivity index (χ0) is 13.1. The summed E-state index contributed by atoms with van der Waals surface area (Å²) in [5.74, 6) is 1.25. The first kappa shape index (κ1) is 12.8. The van der Waals surface area contributed by atoms with E-state index in [2.05, 4.69) is 23.0 Å². The molecule has 0 amide bonds. The van der Waals surface area contributed by atoms with Crippen molar-refractivity contribution in [3.05, 3.63) is 40.2 Å². The van der Waals surface area contributed by atoms with Crippen LogP contribution in [0.2, 0.25) is 5.15 Å². The number of halogens is 1. The minimum absolute atomic E-state index is 0.353. The van der Waals surface area contributed by atoms with Crippen molar-refractivity contribution in [2.75, 3.05) is 12.8 Å². The number of aromatic amines is 1. The number of nitrogen functional groups attached to an aromatic ring is 1. The summed E-state index contributed by atoms with van der Waals surface area (Å²) in [4.78, 5) is 6.90. The van der Waals surface area contributed by atoms with Crippen LogP contribution in [-0.2, 0) is 12.8 Å². The van der Waals surface area contributed by atoms with Crippen LogP contribution < -0.4 is 10.5 Å². The molecule has 0 saturated carbocycles. The van der Waals surface area contributed by atoms with Crippen LogP contribution in [-0.4, -0.2) is 17.1 Å². The van der Waals surface area contributed by atoms with Crippen LogP contribution in [0.25, 0.3) is 0 Å². The summed E-state index contributed by atoms with van der Waals surface area (Å²) >= 11 is 5.96. The van der Waals surface area contributed by atoms with E-state index in [9.17, 15) is 0 Å². The summed E-state index contributed by atoms with van der Waals surface area (Å²) in [6, 6.07) is 6.13. The second-order valence-corrected chi connectivity index (χ2v) is 4.56. The van der Waals surface area contributed by atoms with E-state index in [1.807, 2.05) is 12.1 Å². The molecule has 1 aromatic carbocycles. The molecule has 2 rings (SSSR count). The molecule has 1 heterocycles. The first-order valence-electron chi connectivity index (χ1n) is 5.73. The van der Waals surface area contributed by atoms with Gasteiger partial charge in [0.1, 0.15) is 5.75 Å². The summed E-state index contributed by atoms with van der Waals surface area (Å²) < 4.78 is 5.34. The van der Waals surface area contributed by atoms with Gasteiger partial charge in [-0.25, -0.2) is 4.98 Å². The zero-order valence-electron chi connectivity index (χ0n) is 10.5. The Morgan fingerprint density at radius 1 is 1.39 bits per heavy atom. The van der Waals surface area contributed by atoms with Crippen LogP contribution in [0.5, 0.6) is 5.75 Å². The van der Waals surface area contributed by atoms with Gasteiger partial charge in [0, 0.05) is 0 Å². The predicted molar refractivity (Wildman–Crippen MR) is 73.1 cm³/mol. The van der Waals surface area contributed by atoms with Gasteiger partial charge in [-0.05, 0) is 31.4 Å². The fourth-order valence-electron chi connectivity index (χ4n) is 1.94. The van der Waals surface area contributed by atoms with Crippen LogP contribution in [0.1, 0.15) is 16.8 Å². The Balaban J connectivity index is 2.14. The highest BCUT2D eigenvalue weighted by atomic mass is 35.5. The number of nitrogens with one attached hydrogen (secondary N) is 1. The maximum absolute atomic E-state index is 5.96. The number of methoxy groups -OCH3 is 1. The Bertz CT molecular complexity index is 551. The lowest BCUT2D eigenvalue weighted by Crippen LogP contribution is -1.97. The van der Waals surface area contributed by atoms with E-state index in [4.69, 9.17) is 22.1 Å². The summed E-state index contributed by atoms with van der Waals surface area (Å²) in [5.41, 5.74) is 8.78. The number of hydrogen-bond acceptors (Lipinski definition) is 3. The third-order valence-electron chi connectivity index (χ3n) is 2.83. The number of imidazole rings is 1. The summed E-state index contributed by atoms with van der Waals surface area (Å²) in [5, 5.41) is 0.444. The Hall–Kier alpha value is -1.68. The molecule has 0 unspecified atom stereocenters. The second-order valence-electron chi connectivity index (χ2n) is 4.21. The fraction of sp³-hybridized carbons (Fsp3) is 0.308. The fourth-order valence-corrected chi connectivity index (χ4v) is 2.17. The molecule has 3 N–H and O–H groups in total. The molecule has 0 aliphatic rings. The molecule has 5 heteroatoms. The SMILES string of the molecule is COc1ccc(C)cc1CCc1[nH]c(N)nc1Cl. The molecule has 0 radical (unpaired) electrons. The predicted octanol–water partition coefficient (Wildman–Crippen LogP) is 2.75. The third kappa shape index (κ3) is 2.76. The monoisotopic (exact) mass is 265 g/mol. The molecule has 0 atom stereocenters. The van der Waals surface area contributed by atoms with Gasteiger partial charge < -0.3 is 15.5 Å². The normalized spacial score (nSPS) is 10.6. The molecule has 0 aliphatic carbocycles. The average molecular weight is 266 g/mol. The number of anilines is 1. The van der Waals surface area contributed by atoms with Crippen molar-refractivity contribution in [3.63, 3.8) is 0 Å². The van der Waals surface area contributed by atoms with E-state index in [0.29, 0.717) is 11.1 Å². The number of nitrogens with two attached hydrogens (primary N) is 1. The number of hydrogen-bond donors (Lipinski definition) is 2. The summed E-state index contributed by atoms with van der Waals surface area (Å²) in [6.07, 6.45) is 1.58. The van der Waals surface area contributed by atoms with Gasteiger partial charge in [0.2, 0.25) is 0 Å². The van der Waals surface area contributed by atoms with Crippen LogP contribution >= 0.6 is 11.6 Å². The summed E-state index contributed by atoms with van der Waals surface area (Å²) in [7, 11) is 1.68. The first-order valence-corrected chi connectivity index (χ1v) is 6.11. The third-order valence-corrected chi connectivity index (χ3v) is 3.14. The van der Waals surface area contributed by atoms with Crippen LogP contribution in [0.3, 0.4) is 0 Å². The van der Waals surface area contributed by atoms with E-state index in [0.717, 1.165) is 29.8 Å². The van der Waals surface area contributed by atoms with E-state index in [-0.39, 0.29) is 0 Å². The molecule has 1 aromatic heterocycles. The standard InChI is InChI=1S/C13H16ClN3O/c1-8-3-6-11(18-2)9(7-8)4-5-10-12(14)17-13(15)16-10/h3,6-7H,4-5H2,1-2H3,(H3,15,16,17). The second kappa shape index (κ2) is 5.31. The highest BCUT2D eigenvalue weighted by molar-refractivity contribution is 6.30. The Kier molecular flexibility index (Phi) is 3.77. The van der Waals surface area contributed by atoms with Gasteiger partial charge in [0.05, 0.1) is 12.8 Å². The molecule has 0 bridgehead atoms. The minimum atomic E-state index is 0.353. The van der Waals surface area contributed by atoms with Crippen molar-refractivity contribution in [2.45, 2.75) is 19.8 Å². The van der Waals surface area contributed by atoms with Crippen molar-refractivity contribution in [1.29, 1.82) is 0 Å². The molecule has 0 spiro atoms. The maximum atomic E-state index is 5.96. The molecule has 0 aliphatic heterocycles. The molecule has 2 aromatic rings. The maximum Gasteiger partial charge on any atom is 0.199 e. The highest BCUT2D eigenvalue weighted by Crippen LogP contribution is 2.23. The van der Waals surface area contributed by atoms with Crippen molar-refractivity contribution >= 4 is 17.5 Å².